The summed E-state index contributed by atoms with van der Waals surface area (Å²) in [6.07, 6.45) is -3.57. The highest BCUT2D eigenvalue weighted by molar-refractivity contribution is 7.54. The topological polar surface area (TPSA) is 35.5 Å². The quantitative estimate of drug-likeness (QED) is 0.691. The summed E-state index contributed by atoms with van der Waals surface area (Å²) >= 11 is 0. The molecule has 0 aliphatic carbocycles. The molecule has 0 heterocycles. The van der Waals surface area contributed by atoms with Crippen LogP contribution in [0.15, 0.2) is 11.9 Å². The molecule has 0 aromatic carbocycles. The molecule has 0 amide bonds. The van der Waals surface area contributed by atoms with Crippen molar-refractivity contribution < 1.29 is 26.8 Å². The average Bonchev–Trinajstić information content (AvgIpc) is 1.93. The molecule has 108 valence electrons. The van der Waals surface area contributed by atoms with Crippen LogP contribution in [0.2, 0.25) is 0 Å². The van der Waals surface area contributed by atoms with Gasteiger partial charge in [0.1, 0.15) is 6.16 Å². The molecule has 0 saturated heterocycles. The maximum Gasteiger partial charge on any atom is 0.338 e. The molecule has 0 radical (unpaired) electrons. The van der Waals surface area contributed by atoms with Gasteiger partial charge in [-0.25, -0.2) is 4.39 Å². The highest BCUT2D eigenvalue weighted by Gasteiger charge is 2.37. The molecule has 0 aromatic heterocycles. The lowest BCUT2D eigenvalue weighted by Crippen LogP contribution is -2.25. The van der Waals surface area contributed by atoms with Gasteiger partial charge >= 0.3 is 13.7 Å². The lowest BCUT2D eigenvalue weighted by molar-refractivity contribution is 0.0495. The van der Waals surface area contributed by atoms with E-state index in [0.717, 1.165) is 0 Å². The minimum Gasteiger partial charge on any atom is -0.302 e. The van der Waals surface area contributed by atoms with Crippen molar-refractivity contribution in [3.8, 4) is 0 Å². The highest BCUT2D eigenvalue weighted by Crippen LogP contribution is 2.55. The first-order valence-corrected chi connectivity index (χ1v) is 7.17. The molecule has 7 heteroatoms. The van der Waals surface area contributed by atoms with Crippen LogP contribution in [0.5, 0.6) is 0 Å². The zero-order chi connectivity index (χ0) is 14.8. The molecule has 0 atom stereocenters. The van der Waals surface area contributed by atoms with Crippen molar-refractivity contribution in [1.82, 2.24) is 0 Å². The van der Waals surface area contributed by atoms with Crippen LogP contribution < -0.4 is 0 Å². The third-order valence-electron chi connectivity index (χ3n) is 1.36. The maximum atomic E-state index is 13.0. The first-order valence-electron chi connectivity index (χ1n) is 5.44. The predicted molar refractivity (Wildman–Crippen MR) is 64.5 cm³/mol. The van der Waals surface area contributed by atoms with Gasteiger partial charge in [0.2, 0.25) is 0 Å². The van der Waals surface area contributed by atoms with E-state index in [1.54, 1.807) is 41.5 Å². The summed E-state index contributed by atoms with van der Waals surface area (Å²) in [6, 6.07) is 0. The van der Waals surface area contributed by atoms with E-state index in [-0.39, 0.29) is 0 Å². The van der Waals surface area contributed by atoms with Gasteiger partial charge in [0.05, 0.1) is 11.2 Å². The van der Waals surface area contributed by atoms with E-state index >= 15 is 0 Å². The molecular weight excluding hydrogens is 268 g/mol. The largest absolute Gasteiger partial charge is 0.338 e. The maximum absolute atomic E-state index is 13.0. The van der Waals surface area contributed by atoms with Gasteiger partial charge < -0.3 is 9.05 Å². The molecule has 3 nitrogen and oxygen atoms in total. The van der Waals surface area contributed by atoms with Crippen molar-refractivity contribution in [2.24, 2.45) is 0 Å². The van der Waals surface area contributed by atoms with E-state index in [4.69, 9.17) is 9.05 Å². The average molecular weight is 288 g/mol. The van der Waals surface area contributed by atoms with Crippen LogP contribution in [0.3, 0.4) is 0 Å². The Morgan fingerprint density at radius 1 is 0.944 bits per heavy atom. The third kappa shape index (κ3) is 7.90. The Morgan fingerprint density at radius 3 is 1.50 bits per heavy atom. The molecule has 0 bridgehead atoms. The summed E-state index contributed by atoms with van der Waals surface area (Å²) in [4.78, 5) is 0. The molecule has 0 rings (SSSR count). The highest BCUT2D eigenvalue weighted by atomic mass is 31.2. The normalized spacial score (nSPS) is 13.6. The minimum atomic E-state index is -3.99. The molecular formula is C11H20F3O3P. The fourth-order valence-corrected chi connectivity index (χ4v) is 3.44. The van der Waals surface area contributed by atoms with Crippen LogP contribution in [-0.4, -0.2) is 17.4 Å². The molecule has 0 unspecified atom stereocenters. The van der Waals surface area contributed by atoms with E-state index in [2.05, 4.69) is 0 Å². The SMILES string of the molecule is CC(C)(C)OP(=O)(CC(F)=C(F)F)OC(C)(C)C. The molecule has 0 N–H and O–H groups in total. The van der Waals surface area contributed by atoms with E-state index in [1.165, 1.54) is 0 Å². The fourth-order valence-electron chi connectivity index (χ4n) is 1.15. The molecule has 0 saturated carbocycles. The van der Waals surface area contributed by atoms with Gasteiger partial charge in [0, 0.05) is 0 Å². The second kappa shape index (κ2) is 5.76. The van der Waals surface area contributed by atoms with Crippen molar-refractivity contribution in [3.05, 3.63) is 11.9 Å². The van der Waals surface area contributed by atoms with E-state index < -0.39 is 36.9 Å². The minimum absolute atomic E-state index is 0.895. The number of hydrogen-bond donors (Lipinski definition) is 0. The smallest absolute Gasteiger partial charge is 0.302 e. The number of halogens is 3. The van der Waals surface area contributed by atoms with Gasteiger partial charge in [0.25, 0.3) is 0 Å². The lowest BCUT2D eigenvalue weighted by Gasteiger charge is -2.31. The van der Waals surface area contributed by atoms with Gasteiger partial charge in [-0.1, -0.05) is 0 Å². The lowest BCUT2D eigenvalue weighted by atomic mass is 10.2. The summed E-state index contributed by atoms with van der Waals surface area (Å²) in [5, 5.41) is 0. The summed E-state index contributed by atoms with van der Waals surface area (Å²) < 4.78 is 59.8. The Labute approximate surface area is 106 Å². The Kier molecular flexibility index (Phi) is 5.66. The van der Waals surface area contributed by atoms with Crippen molar-refractivity contribution in [1.29, 1.82) is 0 Å². The van der Waals surface area contributed by atoms with Crippen LogP contribution in [0.1, 0.15) is 41.5 Å². The zero-order valence-electron chi connectivity index (χ0n) is 11.5. The number of rotatable bonds is 4. The van der Waals surface area contributed by atoms with Crippen LogP contribution in [0.25, 0.3) is 0 Å². The molecule has 0 aliphatic rings. The summed E-state index contributed by atoms with van der Waals surface area (Å²) in [5.74, 6) is -1.77. The third-order valence-corrected chi connectivity index (χ3v) is 3.68. The van der Waals surface area contributed by atoms with Crippen LogP contribution >= 0.6 is 7.60 Å². The molecule has 18 heavy (non-hydrogen) atoms. The molecule has 0 fully saturated rings. The zero-order valence-corrected chi connectivity index (χ0v) is 12.4. The van der Waals surface area contributed by atoms with Gasteiger partial charge in [-0.3, -0.25) is 4.57 Å². The van der Waals surface area contributed by atoms with Gasteiger partial charge in [-0.2, -0.15) is 8.78 Å². The molecule has 0 spiro atoms. The second-order valence-corrected chi connectivity index (χ2v) is 7.74. The monoisotopic (exact) mass is 288 g/mol. The summed E-state index contributed by atoms with van der Waals surface area (Å²) in [5.41, 5.74) is -1.79. The van der Waals surface area contributed by atoms with Crippen molar-refractivity contribution in [3.63, 3.8) is 0 Å². The van der Waals surface area contributed by atoms with Crippen LogP contribution in [0.4, 0.5) is 13.2 Å². The second-order valence-electron chi connectivity index (χ2n) is 5.84. The van der Waals surface area contributed by atoms with E-state index in [1.807, 2.05) is 0 Å². The Morgan fingerprint density at radius 2 is 1.28 bits per heavy atom. The van der Waals surface area contributed by atoms with Crippen molar-refractivity contribution in [2.75, 3.05) is 6.16 Å². The first kappa shape index (κ1) is 17.7. The summed E-state index contributed by atoms with van der Waals surface area (Å²) in [6.45, 7) is 9.49. The van der Waals surface area contributed by atoms with E-state index in [9.17, 15) is 17.7 Å². The molecule has 0 aromatic rings. The van der Waals surface area contributed by atoms with Gasteiger partial charge in [-0.15, -0.1) is 0 Å². The van der Waals surface area contributed by atoms with Crippen LogP contribution in [-0.2, 0) is 13.6 Å². The number of hydrogen-bond acceptors (Lipinski definition) is 3. The first-order chi connectivity index (χ1) is 7.74. The summed E-state index contributed by atoms with van der Waals surface area (Å²) in [7, 11) is -3.99. The van der Waals surface area contributed by atoms with E-state index in [0.29, 0.717) is 0 Å². The van der Waals surface area contributed by atoms with Crippen molar-refractivity contribution >= 4 is 7.60 Å². The number of allylic oxidation sites excluding steroid dienone is 1. The Balaban J connectivity index is 5.18. The van der Waals surface area contributed by atoms with Crippen LogP contribution in [0, 0.1) is 0 Å². The van der Waals surface area contributed by atoms with Gasteiger partial charge in [0.15, 0.2) is 5.83 Å². The van der Waals surface area contributed by atoms with Crippen molar-refractivity contribution in [2.45, 2.75) is 52.7 Å². The molecule has 0 aliphatic heterocycles. The fraction of sp³-hybridized carbons (Fsp3) is 0.818. The Bertz CT molecular complexity index is 343. The Hall–Kier alpha value is -0.320. The van der Waals surface area contributed by atoms with Gasteiger partial charge in [-0.05, 0) is 41.5 Å². The predicted octanol–water partition coefficient (Wildman–Crippen LogP) is 4.89. The standard InChI is InChI=1S/C11H20F3O3P/c1-10(2,3)16-18(15,17-11(4,5)6)7-8(12)9(13)14/h7H2,1-6H3.